The second-order valence-corrected chi connectivity index (χ2v) is 9.44. The average Bonchev–Trinajstić information content (AvgIpc) is 2.98. The molecule has 41 heavy (non-hydrogen) atoms. The molecule has 0 aromatic heterocycles. The summed E-state index contributed by atoms with van der Waals surface area (Å²) in [5.74, 6) is -1.08. The van der Waals surface area contributed by atoms with Crippen LogP contribution in [0.5, 0.6) is 17.2 Å². The van der Waals surface area contributed by atoms with Crippen LogP contribution in [0.1, 0.15) is 38.8 Å². The maximum absolute atomic E-state index is 12.8. The van der Waals surface area contributed by atoms with Gasteiger partial charge in [-0.3, -0.25) is 4.79 Å². The Morgan fingerprint density at radius 3 is 1.90 bits per heavy atom. The summed E-state index contributed by atoms with van der Waals surface area (Å²) in [6.07, 6.45) is 2.20. The molecule has 1 amide bonds. The zero-order valence-corrected chi connectivity index (χ0v) is 23.3. The van der Waals surface area contributed by atoms with Crippen LogP contribution in [-0.4, -0.2) is 30.7 Å². The summed E-state index contributed by atoms with van der Waals surface area (Å²) >= 11 is 11.8. The second-order valence-electron chi connectivity index (χ2n) is 8.57. The van der Waals surface area contributed by atoms with Crippen LogP contribution in [0.15, 0.2) is 96.1 Å². The van der Waals surface area contributed by atoms with Crippen LogP contribution in [0.3, 0.4) is 0 Å². The fourth-order valence-electron chi connectivity index (χ4n) is 3.45. The highest BCUT2D eigenvalue weighted by atomic mass is 35.5. The Morgan fingerprint density at radius 2 is 1.32 bits per heavy atom. The number of amides is 1. The number of nitrogens with one attached hydrogen (secondary N) is 1. The summed E-state index contributed by atoms with van der Waals surface area (Å²) in [5, 5.41) is 4.89. The van der Waals surface area contributed by atoms with Crippen molar-refractivity contribution < 1.29 is 28.6 Å². The van der Waals surface area contributed by atoms with E-state index in [1.807, 2.05) is 19.1 Å². The topological polar surface area (TPSA) is 103 Å². The van der Waals surface area contributed by atoms with E-state index in [0.29, 0.717) is 21.4 Å². The van der Waals surface area contributed by atoms with Gasteiger partial charge in [-0.1, -0.05) is 42.3 Å². The minimum absolute atomic E-state index is 0.0385. The van der Waals surface area contributed by atoms with Crippen LogP contribution in [-0.2, 0) is 11.2 Å². The highest BCUT2D eigenvalue weighted by Gasteiger charge is 2.15. The summed E-state index contributed by atoms with van der Waals surface area (Å²) in [7, 11) is 0. The van der Waals surface area contributed by atoms with Gasteiger partial charge in [-0.2, -0.15) is 5.10 Å². The number of hydrogen-bond acceptors (Lipinski definition) is 7. The molecular formula is C31H24Cl2N2O6. The quantitative estimate of drug-likeness (QED) is 0.0975. The van der Waals surface area contributed by atoms with Crippen LogP contribution < -0.4 is 19.6 Å². The Hall–Kier alpha value is -4.66. The number of carbonyl (C=O) groups is 3. The Balaban J connectivity index is 1.46. The third-order valence-corrected chi connectivity index (χ3v) is 6.16. The third kappa shape index (κ3) is 8.66. The molecule has 10 heteroatoms. The number of hydrazone groups is 1. The number of nitrogens with zero attached hydrogens (tertiary/aromatic N) is 1. The predicted molar refractivity (Wildman–Crippen MR) is 156 cm³/mol. The SMILES string of the molecule is CCc1ccc(OCC(=O)N/N=C\c2ccc(OC(=O)c3ccc(Cl)cc3)cc2OC(=O)c2ccc(Cl)cc2)cc1. The van der Waals surface area contributed by atoms with Gasteiger partial charge in [0.2, 0.25) is 0 Å². The molecule has 0 saturated heterocycles. The number of carbonyl (C=O) groups excluding carboxylic acids is 3. The molecule has 0 heterocycles. The number of ether oxygens (including phenoxy) is 3. The first kappa shape index (κ1) is 29.3. The maximum Gasteiger partial charge on any atom is 0.343 e. The first-order chi connectivity index (χ1) is 19.8. The minimum Gasteiger partial charge on any atom is -0.484 e. The average molecular weight is 591 g/mol. The predicted octanol–water partition coefficient (Wildman–Crippen LogP) is 6.52. The number of hydrogen-bond donors (Lipinski definition) is 1. The van der Waals surface area contributed by atoms with Gasteiger partial charge in [0.25, 0.3) is 5.91 Å². The first-order valence-corrected chi connectivity index (χ1v) is 13.2. The van der Waals surface area contributed by atoms with E-state index < -0.39 is 17.8 Å². The van der Waals surface area contributed by atoms with Gasteiger partial charge in [0, 0.05) is 21.7 Å². The Morgan fingerprint density at radius 1 is 0.756 bits per heavy atom. The van der Waals surface area contributed by atoms with Crippen molar-refractivity contribution in [2.75, 3.05) is 6.61 Å². The number of esters is 2. The van der Waals surface area contributed by atoms with Crippen molar-refractivity contribution in [3.05, 3.63) is 123 Å². The van der Waals surface area contributed by atoms with E-state index in [1.165, 1.54) is 48.7 Å². The third-order valence-electron chi connectivity index (χ3n) is 5.65. The molecule has 1 N–H and O–H groups in total. The lowest BCUT2D eigenvalue weighted by atomic mass is 10.2. The zero-order valence-electron chi connectivity index (χ0n) is 21.8. The van der Waals surface area contributed by atoms with Gasteiger partial charge in [0.15, 0.2) is 6.61 Å². The smallest absolute Gasteiger partial charge is 0.343 e. The number of rotatable bonds is 10. The van der Waals surface area contributed by atoms with Crippen molar-refractivity contribution in [2.45, 2.75) is 13.3 Å². The van der Waals surface area contributed by atoms with E-state index in [9.17, 15) is 14.4 Å². The van der Waals surface area contributed by atoms with Crippen molar-refractivity contribution >= 4 is 47.3 Å². The summed E-state index contributed by atoms with van der Waals surface area (Å²) in [6, 6.07) is 24.2. The fourth-order valence-corrected chi connectivity index (χ4v) is 3.70. The molecule has 0 spiro atoms. The monoisotopic (exact) mass is 590 g/mol. The van der Waals surface area contributed by atoms with Crippen LogP contribution in [0.2, 0.25) is 10.0 Å². The summed E-state index contributed by atoms with van der Waals surface area (Å²) in [5.41, 5.74) is 4.39. The van der Waals surface area contributed by atoms with Crippen molar-refractivity contribution in [1.29, 1.82) is 0 Å². The molecule has 4 aromatic rings. The van der Waals surface area contributed by atoms with E-state index in [0.717, 1.165) is 12.0 Å². The van der Waals surface area contributed by atoms with Crippen LogP contribution in [0, 0.1) is 0 Å². The van der Waals surface area contributed by atoms with E-state index in [2.05, 4.69) is 10.5 Å². The second kappa shape index (κ2) is 14.1. The normalized spacial score (nSPS) is 10.7. The zero-order chi connectivity index (χ0) is 29.2. The van der Waals surface area contributed by atoms with Gasteiger partial charge in [-0.15, -0.1) is 0 Å². The maximum atomic E-state index is 12.8. The summed E-state index contributed by atoms with van der Waals surface area (Å²) < 4.78 is 16.5. The van der Waals surface area contributed by atoms with Crippen LogP contribution in [0.25, 0.3) is 0 Å². The van der Waals surface area contributed by atoms with Crippen LogP contribution >= 0.6 is 23.2 Å². The van der Waals surface area contributed by atoms with Gasteiger partial charge < -0.3 is 14.2 Å². The van der Waals surface area contributed by atoms with Gasteiger partial charge in [0.05, 0.1) is 17.3 Å². The van der Waals surface area contributed by atoms with Gasteiger partial charge in [-0.25, -0.2) is 15.0 Å². The largest absolute Gasteiger partial charge is 0.484 e. The molecule has 0 fully saturated rings. The standard InChI is InChI=1S/C31H24Cl2N2O6/c1-2-20-3-14-26(15-4-20)39-19-29(36)35-34-18-23-9-16-27(40-30(37)21-5-10-24(32)11-6-21)17-28(23)41-31(38)22-7-12-25(33)13-8-22/h3-18H,2,19H2,1H3,(H,35,36)/b34-18-. The minimum atomic E-state index is -0.677. The fraction of sp³-hybridized carbons (Fsp3) is 0.0968. The van der Waals surface area contributed by atoms with Gasteiger partial charge >= 0.3 is 11.9 Å². The molecule has 0 aliphatic rings. The lowest BCUT2D eigenvalue weighted by Crippen LogP contribution is -2.24. The highest BCUT2D eigenvalue weighted by Crippen LogP contribution is 2.26. The summed E-state index contributed by atoms with van der Waals surface area (Å²) in [6.45, 7) is 1.80. The number of halogens is 2. The molecule has 4 aromatic carbocycles. The molecule has 208 valence electrons. The molecule has 0 atom stereocenters. The highest BCUT2D eigenvalue weighted by molar-refractivity contribution is 6.31. The van der Waals surface area contributed by atoms with Crippen molar-refractivity contribution in [3.63, 3.8) is 0 Å². The van der Waals surface area contributed by atoms with Crippen molar-refractivity contribution in [1.82, 2.24) is 5.43 Å². The Labute approximate surface area is 246 Å². The molecule has 4 rings (SSSR count). The first-order valence-electron chi connectivity index (χ1n) is 12.4. The lowest BCUT2D eigenvalue weighted by Gasteiger charge is -2.11. The Bertz CT molecular complexity index is 1550. The van der Waals surface area contributed by atoms with Crippen molar-refractivity contribution in [2.24, 2.45) is 5.10 Å². The van der Waals surface area contributed by atoms with E-state index in [4.69, 9.17) is 37.4 Å². The van der Waals surface area contributed by atoms with Gasteiger partial charge in [-0.05, 0) is 84.8 Å². The molecule has 0 saturated carbocycles. The lowest BCUT2D eigenvalue weighted by molar-refractivity contribution is -0.123. The molecular weight excluding hydrogens is 567 g/mol. The molecule has 8 nitrogen and oxygen atoms in total. The van der Waals surface area contributed by atoms with E-state index in [-0.39, 0.29) is 29.2 Å². The molecule has 0 bridgehead atoms. The summed E-state index contributed by atoms with van der Waals surface area (Å²) in [4.78, 5) is 37.6. The molecule has 0 aliphatic carbocycles. The Kier molecular flexibility index (Phi) is 10.1. The van der Waals surface area contributed by atoms with Crippen molar-refractivity contribution in [3.8, 4) is 17.2 Å². The van der Waals surface area contributed by atoms with E-state index >= 15 is 0 Å². The van der Waals surface area contributed by atoms with Gasteiger partial charge in [0.1, 0.15) is 17.2 Å². The molecule has 0 unspecified atom stereocenters. The van der Waals surface area contributed by atoms with Crippen LogP contribution in [0.4, 0.5) is 0 Å². The number of benzene rings is 4. The molecule has 0 aliphatic heterocycles. The number of aryl methyl sites for hydroxylation is 1. The van der Waals surface area contributed by atoms with E-state index in [1.54, 1.807) is 36.4 Å². The molecule has 0 radical (unpaired) electrons.